The van der Waals surface area contributed by atoms with Crippen LogP contribution >= 0.6 is 11.6 Å². The van der Waals surface area contributed by atoms with E-state index in [9.17, 15) is 0 Å². The number of ether oxygens (including phenoxy) is 4. The third-order valence-electron chi connectivity index (χ3n) is 4.54. The van der Waals surface area contributed by atoms with Crippen LogP contribution in [0.25, 0.3) is 0 Å². The first-order chi connectivity index (χ1) is 11.7. The van der Waals surface area contributed by atoms with Gasteiger partial charge in [0.05, 0.1) is 51.8 Å². The molecule has 1 aromatic rings. The van der Waals surface area contributed by atoms with Crippen molar-refractivity contribution in [2.75, 3.05) is 66.8 Å². The Morgan fingerprint density at radius 3 is 1.92 bits per heavy atom. The molecule has 2 heterocycles. The van der Waals surface area contributed by atoms with Gasteiger partial charge in [0.1, 0.15) is 0 Å². The summed E-state index contributed by atoms with van der Waals surface area (Å²) in [6, 6.07) is 4.01. The lowest BCUT2D eigenvalue weighted by molar-refractivity contribution is -0.0676. The molecule has 1 aromatic carbocycles. The van der Waals surface area contributed by atoms with Gasteiger partial charge in [0, 0.05) is 26.2 Å². The molecular weight excluding hydrogens is 332 g/mol. The molecule has 0 amide bonds. The van der Waals surface area contributed by atoms with E-state index in [1.807, 2.05) is 12.1 Å². The molecule has 0 aliphatic carbocycles. The summed E-state index contributed by atoms with van der Waals surface area (Å²) < 4.78 is 21.9. The van der Waals surface area contributed by atoms with Crippen molar-refractivity contribution in [2.24, 2.45) is 0 Å². The topological polar surface area (TPSA) is 43.4 Å². The molecule has 7 heteroatoms. The normalized spacial score (nSPS) is 20.3. The minimum Gasteiger partial charge on any atom is -0.493 e. The zero-order valence-corrected chi connectivity index (χ0v) is 15.1. The Balaban J connectivity index is 1.96. The Bertz CT molecular complexity index is 528. The van der Waals surface area contributed by atoms with E-state index in [1.165, 1.54) is 0 Å². The standard InChI is InChI=1S/C17H25ClN2O4/c1-21-15-12-13(11-14(18)16(15)22-2)17(19-3-7-23-8-4-19)20-5-9-24-10-6-20/h11-12,17H,3-10H2,1-2H3. The summed E-state index contributed by atoms with van der Waals surface area (Å²) in [5.41, 5.74) is 1.11. The Morgan fingerprint density at radius 1 is 0.917 bits per heavy atom. The van der Waals surface area contributed by atoms with Gasteiger partial charge in [-0.1, -0.05) is 11.6 Å². The minimum atomic E-state index is 0.134. The fraction of sp³-hybridized carbons (Fsp3) is 0.647. The van der Waals surface area contributed by atoms with Gasteiger partial charge < -0.3 is 18.9 Å². The molecule has 0 saturated carbocycles. The lowest BCUT2D eigenvalue weighted by Gasteiger charge is -2.43. The maximum atomic E-state index is 6.44. The van der Waals surface area contributed by atoms with Crippen LogP contribution in [0.2, 0.25) is 5.02 Å². The average Bonchev–Trinajstić information content (AvgIpc) is 2.63. The van der Waals surface area contributed by atoms with Gasteiger partial charge in [-0.3, -0.25) is 9.80 Å². The van der Waals surface area contributed by atoms with Crippen molar-refractivity contribution >= 4 is 11.6 Å². The van der Waals surface area contributed by atoms with Crippen molar-refractivity contribution in [1.29, 1.82) is 0 Å². The highest BCUT2D eigenvalue weighted by Crippen LogP contribution is 2.39. The molecule has 24 heavy (non-hydrogen) atoms. The van der Waals surface area contributed by atoms with Gasteiger partial charge in [-0.05, 0) is 17.7 Å². The fourth-order valence-electron chi connectivity index (χ4n) is 3.38. The highest BCUT2D eigenvalue weighted by Gasteiger charge is 2.30. The first kappa shape index (κ1) is 17.8. The van der Waals surface area contributed by atoms with Crippen molar-refractivity contribution in [2.45, 2.75) is 6.17 Å². The average molecular weight is 357 g/mol. The molecule has 2 aliphatic heterocycles. The van der Waals surface area contributed by atoms with Crippen LogP contribution in [0.3, 0.4) is 0 Å². The van der Waals surface area contributed by atoms with Crippen LogP contribution in [-0.4, -0.2) is 76.6 Å². The zero-order chi connectivity index (χ0) is 16.9. The Hall–Kier alpha value is -1.05. The van der Waals surface area contributed by atoms with Gasteiger partial charge in [0.25, 0.3) is 0 Å². The predicted octanol–water partition coefficient (Wildman–Crippen LogP) is 2.02. The number of nitrogens with zero attached hydrogens (tertiary/aromatic N) is 2. The van der Waals surface area contributed by atoms with E-state index in [4.69, 9.17) is 30.5 Å². The Labute approximate surface area is 148 Å². The summed E-state index contributed by atoms with van der Waals surface area (Å²) >= 11 is 6.44. The quantitative estimate of drug-likeness (QED) is 0.804. The maximum absolute atomic E-state index is 6.44. The maximum Gasteiger partial charge on any atom is 0.179 e. The number of morpholine rings is 2. The Kier molecular flexibility index (Phi) is 6.19. The second kappa shape index (κ2) is 8.36. The van der Waals surface area contributed by atoms with Gasteiger partial charge in [-0.15, -0.1) is 0 Å². The van der Waals surface area contributed by atoms with Crippen LogP contribution in [0.5, 0.6) is 11.5 Å². The smallest absolute Gasteiger partial charge is 0.179 e. The van der Waals surface area contributed by atoms with Gasteiger partial charge in [0.2, 0.25) is 0 Å². The minimum absolute atomic E-state index is 0.134. The number of methoxy groups -OCH3 is 2. The summed E-state index contributed by atoms with van der Waals surface area (Å²) in [5.74, 6) is 1.23. The summed E-state index contributed by atoms with van der Waals surface area (Å²) in [4.78, 5) is 4.87. The molecule has 0 aromatic heterocycles. The number of hydrogen-bond donors (Lipinski definition) is 0. The summed E-state index contributed by atoms with van der Waals surface area (Å²) in [6.07, 6.45) is 0.134. The van der Waals surface area contributed by atoms with E-state index in [0.717, 1.165) is 58.2 Å². The highest BCUT2D eigenvalue weighted by atomic mass is 35.5. The predicted molar refractivity (Wildman–Crippen MR) is 92.1 cm³/mol. The van der Waals surface area contributed by atoms with E-state index in [2.05, 4.69) is 9.80 Å². The highest BCUT2D eigenvalue weighted by molar-refractivity contribution is 6.32. The van der Waals surface area contributed by atoms with Crippen LogP contribution in [0.15, 0.2) is 12.1 Å². The molecule has 3 rings (SSSR count). The van der Waals surface area contributed by atoms with Crippen LogP contribution in [0.4, 0.5) is 0 Å². The van der Waals surface area contributed by atoms with Crippen molar-refractivity contribution in [3.63, 3.8) is 0 Å². The molecule has 134 valence electrons. The molecule has 6 nitrogen and oxygen atoms in total. The summed E-state index contributed by atoms with van der Waals surface area (Å²) in [6.45, 7) is 6.59. The molecular formula is C17H25ClN2O4. The summed E-state index contributed by atoms with van der Waals surface area (Å²) in [7, 11) is 3.24. The van der Waals surface area contributed by atoms with Crippen molar-refractivity contribution in [3.8, 4) is 11.5 Å². The first-order valence-corrected chi connectivity index (χ1v) is 8.67. The third kappa shape index (κ3) is 3.78. The van der Waals surface area contributed by atoms with Gasteiger partial charge in [-0.2, -0.15) is 0 Å². The van der Waals surface area contributed by atoms with E-state index < -0.39 is 0 Å². The lowest BCUT2D eigenvalue weighted by Crippen LogP contribution is -2.50. The fourth-order valence-corrected chi connectivity index (χ4v) is 3.68. The number of benzene rings is 1. The zero-order valence-electron chi connectivity index (χ0n) is 14.3. The molecule has 0 spiro atoms. The van der Waals surface area contributed by atoms with E-state index in [-0.39, 0.29) is 6.17 Å². The van der Waals surface area contributed by atoms with Crippen molar-refractivity contribution in [1.82, 2.24) is 9.80 Å². The lowest BCUT2D eigenvalue weighted by atomic mass is 10.1. The molecule has 0 N–H and O–H groups in total. The number of hydrogen-bond acceptors (Lipinski definition) is 6. The van der Waals surface area contributed by atoms with Crippen LogP contribution in [0, 0.1) is 0 Å². The van der Waals surface area contributed by atoms with Gasteiger partial charge in [-0.25, -0.2) is 0 Å². The van der Waals surface area contributed by atoms with Crippen LogP contribution < -0.4 is 9.47 Å². The molecule has 0 radical (unpaired) electrons. The largest absolute Gasteiger partial charge is 0.493 e. The first-order valence-electron chi connectivity index (χ1n) is 8.29. The number of rotatable bonds is 5. The molecule has 2 aliphatic rings. The van der Waals surface area contributed by atoms with Crippen molar-refractivity contribution in [3.05, 3.63) is 22.7 Å². The van der Waals surface area contributed by atoms with Crippen LogP contribution in [0.1, 0.15) is 11.7 Å². The van der Waals surface area contributed by atoms with E-state index in [1.54, 1.807) is 14.2 Å². The molecule has 2 saturated heterocycles. The summed E-state index contributed by atoms with van der Waals surface area (Å²) in [5, 5.41) is 0.568. The monoisotopic (exact) mass is 356 g/mol. The van der Waals surface area contributed by atoms with Gasteiger partial charge >= 0.3 is 0 Å². The molecule has 0 unspecified atom stereocenters. The van der Waals surface area contributed by atoms with E-state index >= 15 is 0 Å². The Morgan fingerprint density at radius 2 is 1.46 bits per heavy atom. The SMILES string of the molecule is COc1cc(C(N2CCOCC2)N2CCOCC2)cc(Cl)c1OC. The molecule has 0 atom stereocenters. The molecule has 2 fully saturated rings. The molecule has 0 bridgehead atoms. The number of halogens is 1. The second-order valence-corrected chi connectivity index (χ2v) is 6.32. The van der Waals surface area contributed by atoms with Crippen LogP contribution in [-0.2, 0) is 9.47 Å². The van der Waals surface area contributed by atoms with Gasteiger partial charge in [0.15, 0.2) is 11.5 Å². The van der Waals surface area contributed by atoms with Crippen molar-refractivity contribution < 1.29 is 18.9 Å². The second-order valence-electron chi connectivity index (χ2n) is 5.91. The van der Waals surface area contributed by atoms with E-state index in [0.29, 0.717) is 16.5 Å². The third-order valence-corrected chi connectivity index (χ3v) is 4.82.